The van der Waals surface area contributed by atoms with E-state index >= 15 is 0 Å². The van der Waals surface area contributed by atoms with Crippen molar-refractivity contribution in [3.63, 3.8) is 0 Å². The average Bonchev–Trinajstić information content (AvgIpc) is 2.42. The van der Waals surface area contributed by atoms with E-state index in [1.165, 1.54) is 6.07 Å². The topological polar surface area (TPSA) is 26.7 Å². The maximum Gasteiger partial charge on any atom is 0.124 e. The highest BCUT2D eigenvalue weighted by atomic mass is 19.1. The van der Waals surface area contributed by atoms with E-state index in [2.05, 4.69) is 42.7 Å². The predicted molar refractivity (Wildman–Crippen MR) is 84.5 cm³/mol. The first kappa shape index (κ1) is 17.6. The molecule has 0 fully saturated rings. The summed E-state index contributed by atoms with van der Waals surface area (Å²) in [7, 11) is 4.10. The number of rotatable bonds is 7. The first-order valence-electron chi connectivity index (χ1n) is 7.31. The van der Waals surface area contributed by atoms with Gasteiger partial charge in [-0.2, -0.15) is 0 Å². The van der Waals surface area contributed by atoms with Crippen molar-refractivity contribution in [2.24, 2.45) is 0 Å². The van der Waals surface area contributed by atoms with Gasteiger partial charge >= 0.3 is 0 Å². The fourth-order valence-corrected chi connectivity index (χ4v) is 2.14. The predicted octanol–water partition coefficient (Wildman–Crippen LogP) is 1.94. The quantitative estimate of drug-likeness (QED) is 0.778. The van der Waals surface area contributed by atoms with Crippen molar-refractivity contribution in [3.8, 4) is 11.8 Å². The second-order valence-corrected chi connectivity index (χ2v) is 5.39. The van der Waals surface area contributed by atoms with Gasteiger partial charge in [0.2, 0.25) is 0 Å². The van der Waals surface area contributed by atoms with Gasteiger partial charge in [0.15, 0.2) is 0 Å². The third-order valence-corrected chi connectivity index (χ3v) is 3.08. The summed E-state index contributed by atoms with van der Waals surface area (Å²) in [6.07, 6.45) is 1.07. The first-order valence-corrected chi connectivity index (χ1v) is 7.31. The van der Waals surface area contributed by atoms with E-state index < -0.39 is 0 Å². The van der Waals surface area contributed by atoms with Crippen LogP contribution in [0.5, 0.6) is 0 Å². The van der Waals surface area contributed by atoms with Crippen LogP contribution in [0.1, 0.15) is 24.5 Å². The smallest absolute Gasteiger partial charge is 0.124 e. The molecule has 1 N–H and O–H groups in total. The third kappa shape index (κ3) is 7.24. The van der Waals surface area contributed by atoms with Gasteiger partial charge in [0.25, 0.3) is 0 Å². The summed E-state index contributed by atoms with van der Waals surface area (Å²) in [6, 6.07) is 4.85. The van der Waals surface area contributed by atoms with Crippen LogP contribution in [0.4, 0.5) is 4.39 Å². The van der Waals surface area contributed by atoms with Crippen LogP contribution < -0.4 is 0 Å². The van der Waals surface area contributed by atoms with Crippen LogP contribution >= 0.6 is 0 Å². The highest BCUT2D eigenvalue weighted by molar-refractivity contribution is 5.37. The monoisotopic (exact) mass is 292 g/mol. The summed E-state index contributed by atoms with van der Waals surface area (Å²) >= 11 is 0. The summed E-state index contributed by atoms with van der Waals surface area (Å²) in [5.74, 6) is 5.04. The number of aliphatic hydroxyl groups excluding tert-OH is 1. The van der Waals surface area contributed by atoms with Crippen LogP contribution in [0.25, 0.3) is 0 Å². The van der Waals surface area contributed by atoms with Gasteiger partial charge in [0, 0.05) is 25.2 Å². The Labute approximate surface area is 127 Å². The Morgan fingerprint density at radius 2 is 1.90 bits per heavy atom. The molecule has 0 saturated carbocycles. The minimum Gasteiger partial charge on any atom is -0.384 e. The molecule has 0 aliphatic heterocycles. The number of halogens is 1. The first-order chi connectivity index (χ1) is 10.0. The van der Waals surface area contributed by atoms with Crippen molar-refractivity contribution >= 4 is 0 Å². The number of benzene rings is 1. The lowest BCUT2D eigenvalue weighted by Gasteiger charge is -2.23. The molecular weight excluding hydrogens is 267 g/mol. The van der Waals surface area contributed by atoms with E-state index in [4.69, 9.17) is 5.11 Å². The molecule has 0 spiro atoms. The van der Waals surface area contributed by atoms with Gasteiger partial charge in [-0.05, 0) is 50.8 Å². The van der Waals surface area contributed by atoms with Crippen LogP contribution in [0.15, 0.2) is 18.2 Å². The fourth-order valence-electron chi connectivity index (χ4n) is 2.14. The maximum atomic E-state index is 13.6. The normalized spacial score (nSPS) is 10.8. The van der Waals surface area contributed by atoms with Crippen molar-refractivity contribution in [1.82, 2.24) is 9.80 Å². The molecule has 0 heterocycles. The molecule has 1 aromatic rings. The SMILES string of the molecule is CCCN(CCN(C)C)Cc1cc(F)cc(C#CCO)c1. The van der Waals surface area contributed by atoms with Gasteiger partial charge in [-0.15, -0.1) is 0 Å². The van der Waals surface area contributed by atoms with Gasteiger partial charge < -0.3 is 10.0 Å². The number of hydrogen-bond donors (Lipinski definition) is 1. The zero-order valence-electron chi connectivity index (χ0n) is 13.2. The Morgan fingerprint density at radius 3 is 2.52 bits per heavy atom. The largest absolute Gasteiger partial charge is 0.384 e. The standard InChI is InChI=1S/C17H25FN2O/c1-4-7-20(9-8-19(2)3)14-16-11-15(6-5-10-21)12-17(18)13-16/h11-13,21H,4,7-10,14H2,1-3H3. The molecule has 1 rings (SSSR count). The molecule has 0 aliphatic rings. The Balaban J connectivity index is 2.79. The minimum absolute atomic E-state index is 0.212. The van der Waals surface area contributed by atoms with E-state index in [0.717, 1.165) is 31.6 Å². The van der Waals surface area contributed by atoms with Gasteiger partial charge in [0.1, 0.15) is 12.4 Å². The van der Waals surface area contributed by atoms with Gasteiger partial charge in [-0.25, -0.2) is 4.39 Å². The average molecular weight is 292 g/mol. The van der Waals surface area contributed by atoms with Gasteiger partial charge in [-0.1, -0.05) is 18.8 Å². The second-order valence-electron chi connectivity index (χ2n) is 5.39. The molecule has 1 aromatic carbocycles. The lowest BCUT2D eigenvalue weighted by atomic mass is 10.1. The molecule has 116 valence electrons. The van der Waals surface area contributed by atoms with Gasteiger partial charge in [-0.3, -0.25) is 4.90 Å². The maximum absolute atomic E-state index is 13.6. The van der Waals surface area contributed by atoms with Crippen molar-refractivity contribution in [1.29, 1.82) is 0 Å². The molecule has 0 bridgehead atoms. The van der Waals surface area contributed by atoms with E-state index in [1.807, 2.05) is 6.07 Å². The summed E-state index contributed by atoms with van der Waals surface area (Å²) in [5.41, 5.74) is 1.53. The molecular formula is C17H25FN2O. The molecule has 0 radical (unpaired) electrons. The number of aliphatic hydroxyl groups is 1. The Kier molecular flexibility index (Phi) is 7.99. The number of hydrogen-bond acceptors (Lipinski definition) is 3. The number of nitrogens with zero attached hydrogens (tertiary/aromatic N) is 2. The fraction of sp³-hybridized carbons (Fsp3) is 0.529. The molecule has 0 amide bonds. The van der Waals surface area contributed by atoms with Crippen molar-refractivity contribution in [2.45, 2.75) is 19.9 Å². The van der Waals surface area contributed by atoms with Crippen molar-refractivity contribution in [3.05, 3.63) is 35.1 Å². The molecule has 0 aromatic heterocycles. The zero-order chi connectivity index (χ0) is 15.7. The minimum atomic E-state index is -0.279. The second kappa shape index (κ2) is 9.51. The highest BCUT2D eigenvalue weighted by Crippen LogP contribution is 2.11. The van der Waals surface area contributed by atoms with E-state index in [-0.39, 0.29) is 12.4 Å². The molecule has 4 heteroatoms. The summed E-state index contributed by atoms with van der Waals surface area (Å²) in [6.45, 7) is 5.57. The molecule has 0 atom stereocenters. The Morgan fingerprint density at radius 1 is 1.14 bits per heavy atom. The Hall–Kier alpha value is -1.41. The van der Waals surface area contributed by atoms with Gasteiger partial charge in [0.05, 0.1) is 0 Å². The van der Waals surface area contributed by atoms with Crippen molar-refractivity contribution < 1.29 is 9.50 Å². The van der Waals surface area contributed by atoms with E-state index in [1.54, 1.807) is 6.07 Å². The summed E-state index contributed by atoms with van der Waals surface area (Å²) in [4.78, 5) is 4.46. The van der Waals surface area contributed by atoms with Crippen LogP contribution in [0.3, 0.4) is 0 Å². The van der Waals surface area contributed by atoms with Crippen LogP contribution in [-0.4, -0.2) is 55.2 Å². The lowest BCUT2D eigenvalue weighted by molar-refractivity contribution is 0.234. The van der Waals surface area contributed by atoms with E-state index in [0.29, 0.717) is 12.1 Å². The molecule has 0 saturated heterocycles. The molecule has 3 nitrogen and oxygen atoms in total. The Bertz CT molecular complexity index is 491. The molecule has 0 unspecified atom stereocenters. The summed E-state index contributed by atoms with van der Waals surface area (Å²) < 4.78 is 13.6. The van der Waals surface area contributed by atoms with Crippen LogP contribution in [0.2, 0.25) is 0 Å². The highest BCUT2D eigenvalue weighted by Gasteiger charge is 2.07. The number of likely N-dealkylation sites (N-methyl/N-ethyl adjacent to an activating group) is 1. The van der Waals surface area contributed by atoms with Crippen LogP contribution in [0, 0.1) is 17.7 Å². The third-order valence-electron chi connectivity index (χ3n) is 3.08. The summed E-state index contributed by atoms with van der Waals surface area (Å²) in [5, 5.41) is 8.72. The van der Waals surface area contributed by atoms with Crippen LogP contribution in [-0.2, 0) is 6.54 Å². The molecule has 21 heavy (non-hydrogen) atoms. The van der Waals surface area contributed by atoms with E-state index in [9.17, 15) is 4.39 Å². The lowest BCUT2D eigenvalue weighted by Crippen LogP contribution is -2.32. The zero-order valence-corrected chi connectivity index (χ0v) is 13.2. The molecule has 0 aliphatic carbocycles. The van der Waals surface area contributed by atoms with Crippen molar-refractivity contribution in [2.75, 3.05) is 40.3 Å².